The second-order valence-electron chi connectivity index (χ2n) is 6.54. The first-order valence-corrected chi connectivity index (χ1v) is 8.06. The van der Waals surface area contributed by atoms with Crippen LogP contribution in [0.2, 0.25) is 0 Å². The molecule has 2 aromatic rings. The molecule has 0 radical (unpaired) electrons. The van der Waals surface area contributed by atoms with E-state index in [4.69, 9.17) is 0 Å². The van der Waals surface area contributed by atoms with Crippen molar-refractivity contribution in [1.82, 2.24) is 15.5 Å². The van der Waals surface area contributed by atoms with Crippen LogP contribution in [0.4, 0.5) is 19.0 Å². The number of rotatable bonds is 3. The van der Waals surface area contributed by atoms with Gasteiger partial charge in [-0.2, -0.15) is 0 Å². The quantitative estimate of drug-likeness (QED) is 0.813. The molecule has 0 spiro atoms. The molecule has 1 aromatic carbocycles. The number of fused-ring (bicyclic) bond motifs is 1. The third-order valence-electron chi connectivity index (χ3n) is 4.94. The van der Waals surface area contributed by atoms with Gasteiger partial charge in [-0.1, -0.05) is 0 Å². The number of nitrogens with zero attached hydrogens (tertiary/aromatic N) is 2. The minimum Gasteiger partial charge on any atom is -0.366 e. The predicted octanol–water partition coefficient (Wildman–Crippen LogP) is 3.39. The minimum atomic E-state index is -1.24. The average molecular weight is 371 g/mol. The van der Waals surface area contributed by atoms with Crippen LogP contribution in [0, 0.1) is 29.3 Å². The van der Waals surface area contributed by atoms with Crippen LogP contribution in [0.25, 0.3) is 11.3 Å². The molecule has 4 nitrogen and oxygen atoms in total. The smallest absolute Gasteiger partial charge is 0.168 e. The van der Waals surface area contributed by atoms with Crippen LogP contribution in [0.15, 0.2) is 24.3 Å². The zero-order valence-corrected chi connectivity index (χ0v) is 14.1. The zero-order valence-electron chi connectivity index (χ0n) is 13.3. The van der Waals surface area contributed by atoms with Gasteiger partial charge in [-0.05, 0) is 56.0 Å². The van der Waals surface area contributed by atoms with Crippen molar-refractivity contribution in [2.45, 2.75) is 18.9 Å². The molecule has 2 heterocycles. The summed E-state index contributed by atoms with van der Waals surface area (Å²) in [7, 11) is 0. The second kappa shape index (κ2) is 7.17. The van der Waals surface area contributed by atoms with Crippen LogP contribution in [-0.2, 0) is 0 Å². The lowest BCUT2D eigenvalue weighted by molar-refractivity contribution is 0.494. The van der Waals surface area contributed by atoms with Gasteiger partial charge in [0.25, 0.3) is 0 Å². The molecular weight excluding hydrogens is 353 g/mol. The molecular formula is C17H18ClF3N4. The lowest BCUT2D eigenvalue weighted by Crippen LogP contribution is -2.21. The van der Waals surface area contributed by atoms with Crippen LogP contribution in [-0.4, -0.2) is 29.3 Å². The summed E-state index contributed by atoms with van der Waals surface area (Å²) in [4.78, 5) is 0. The summed E-state index contributed by atoms with van der Waals surface area (Å²) in [6, 6.07) is 4.96. The van der Waals surface area contributed by atoms with Gasteiger partial charge < -0.3 is 10.6 Å². The summed E-state index contributed by atoms with van der Waals surface area (Å²) in [6.07, 6.45) is 2.18. The summed E-state index contributed by atoms with van der Waals surface area (Å²) < 4.78 is 40.4. The fraction of sp³-hybridized carbons (Fsp3) is 0.412. The van der Waals surface area contributed by atoms with Crippen molar-refractivity contribution in [2.24, 2.45) is 11.8 Å². The molecule has 1 aromatic heterocycles. The van der Waals surface area contributed by atoms with Crippen molar-refractivity contribution in [3.63, 3.8) is 0 Å². The van der Waals surface area contributed by atoms with Crippen molar-refractivity contribution in [3.8, 4) is 11.3 Å². The highest BCUT2D eigenvalue weighted by Gasteiger charge is 2.37. The molecule has 8 heteroatoms. The van der Waals surface area contributed by atoms with Gasteiger partial charge in [-0.3, -0.25) is 0 Å². The van der Waals surface area contributed by atoms with E-state index in [0.717, 1.165) is 32.0 Å². The molecule has 0 bridgehead atoms. The first kappa shape index (κ1) is 17.9. The van der Waals surface area contributed by atoms with Gasteiger partial charge in [0, 0.05) is 17.7 Å². The maximum absolute atomic E-state index is 13.8. The van der Waals surface area contributed by atoms with Gasteiger partial charge >= 0.3 is 0 Å². The maximum Gasteiger partial charge on any atom is 0.168 e. The highest BCUT2D eigenvalue weighted by atomic mass is 35.5. The number of nitrogens with one attached hydrogen (secondary N) is 2. The zero-order chi connectivity index (χ0) is 16.7. The summed E-state index contributed by atoms with van der Waals surface area (Å²) in [6.45, 7) is 2.13. The summed E-state index contributed by atoms with van der Waals surface area (Å²) in [5.41, 5.74) is -0.128. The van der Waals surface area contributed by atoms with E-state index in [9.17, 15) is 13.2 Å². The Morgan fingerprint density at radius 2 is 1.72 bits per heavy atom. The molecule has 2 fully saturated rings. The Morgan fingerprint density at radius 3 is 2.36 bits per heavy atom. The van der Waals surface area contributed by atoms with E-state index in [2.05, 4.69) is 20.8 Å². The second-order valence-corrected chi connectivity index (χ2v) is 6.54. The minimum absolute atomic E-state index is 0. The van der Waals surface area contributed by atoms with Crippen LogP contribution in [0.5, 0.6) is 0 Å². The lowest BCUT2D eigenvalue weighted by atomic mass is 10.0. The van der Waals surface area contributed by atoms with E-state index in [-0.39, 0.29) is 23.7 Å². The molecule has 1 unspecified atom stereocenters. The maximum atomic E-state index is 13.8. The number of hydrogen-bond acceptors (Lipinski definition) is 4. The fourth-order valence-corrected chi connectivity index (χ4v) is 3.79. The third kappa shape index (κ3) is 3.57. The monoisotopic (exact) mass is 370 g/mol. The van der Waals surface area contributed by atoms with Gasteiger partial charge in [-0.25, -0.2) is 13.2 Å². The molecule has 1 aliphatic carbocycles. The Labute approximate surface area is 149 Å². The molecule has 134 valence electrons. The van der Waals surface area contributed by atoms with E-state index in [0.29, 0.717) is 29.8 Å². The highest BCUT2D eigenvalue weighted by Crippen LogP contribution is 2.35. The Morgan fingerprint density at radius 1 is 1.00 bits per heavy atom. The van der Waals surface area contributed by atoms with Crippen molar-refractivity contribution in [1.29, 1.82) is 0 Å². The average Bonchev–Trinajstić information content (AvgIpc) is 3.13. The van der Waals surface area contributed by atoms with Gasteiger partial charge in [-0.15, -0.1) is 22.6 Å². The SMILES string of the molecule is Cl.Fc1cc(F)c(F)c(-c2ccc(NC3C[C@H]4CNC[C@H]4C3)nn2)c1. The number of aromatic nitrogens is 2. The van der Waals surface area contributed by atoms with Crippen LogP contribution >= 0.6 is 12.4 Å². The number of anilines is 1. The summed E-state index contributed by atoms with van der Waals surface area (Å²) >= 11 is 0. The van der Waals surface area contributed by atoms with E-state index < -0.39 is 17.5 Å². The number of hydrogen-bond donors (Lipinski definition) is 2. The molecule has 1 saturated carbocycles. The molecule has 0 amide bonds. The Balaban J connectivity index is 0.00000182. The lowest BCUT2D eigenvalue weighted by Gasteiger charge is -2.14. The summed E-state index contributed by atoms with van der Waals surface area (Å²) in [5.74, 6) is -1.20. The van der Waals surface area contributed by atoms with Gasteiger partial charge in [0.1, 0.15) is 11.6 Å². The number of halogens is 4. The molecule has 3 atom stereocenters. The van der Waals surface area contributed by atoms with Crippen molar-refractivity contribution in [3.05, 3.63) is 41.7 Å². The summed E-state index contributed by atoms with van der Waals surface area (Å²) in [5, 5.41) is 14.7. The predicted molar refractivity (Wildman–Crippen MR) is 91.1 cm³/mol. The Hall–Kier alpha value is -1.86. The fourth-order valence-electron chi connectivity index (χ4n) is 3.79. The van der Waals surface area contributed by atoms with Crippen LogP contribution in [0.3, 0.4) is 0 Å². The Kier molecular flexibility index (Phi) is 5.15. The van der Waals surface area contributed by atoms with Crippen molar-refractivity contribution in [2.75, 3.05) is 18.4 Å². The molecule has 1 saturated heterocycles. The standard InChI is InChI=1S/C17H17F3N4.ClH/c18-11-5-13(17(20)14(19)6-11)15-1-2-16(24-23-15)22-12-3-9-7-21-8-10(9)4-12;/h1-2,5-6,9-10,12,21H,3-4,7-8H2,(H,22,24);1H/t9-,10+,12?;. The topological polar surface area (TPSA) is 49.8 Å². The molecule has 2 N–H and O–H groups in total. The largest absolute Gasteiger partial charge is 0.366 e. The number of benzene rings is 1. The van der Waals surface area contributed by atoms with Crippen molar-refractivity contribution >= 4 is 18.2 Å². The van der Waals surface area contributed by atoms with Gasteiger partial charge in [0.05, 0.1) is 5.69 Å². The van der Waals surface area contributed by atoms with E-state index in [1.165, 1.54) is 6.07 Å². The molecule has 2 aliphatic rings. The van der Waals surface area contributed by atoms with Crippen molar-refractivity contribution < 1.29 is 13.2 Å². The third-order valence-corrected chi connectivity index (χ3v) is 4.94. The Bertz CT molecular complexity index is 744. The van der Waals surface area contributed by atoms with Gasteiger partial charge in [0.2, 0.25) is 0 Å². The first-order valence-electron chi connectivity index (χ1n) is 8.06. The van der Waals surface area contributed by atoms with Crippen LogP contribution in [0.1, 0.15) is 12.8 Å². The van der Waals surface area contributed by atoms with Gasteiger partial charge in [0.15, 0.2) is 11.6 Å². The van der Waals surface area contributed by atoms with E-state index >= 15 is 0 Å². The molecule has 25 heavy (non-hydrogen) atoms. The van der Waals surface area contributed by atoms with E-state index in [1.54, 1.807) is 6.07 Å². The first-order chi connectivity index (χ1) is 11.6. The highest BCUT2D eigenvalue weighted by molar-refractivity contribution is 5.85. The molecule has 4 rings (SSSR count). The van der Waals surface area contributed by atoms with Crippen LogP contribution < -0.4 is 10.6 Å². The normalized spacial score (nSPS) is 24.7. The van der Waals surface area contributed by atoms with E-state index in [1.807, 2.05) is 0 Å². The molecule has 1 aliphatic heterocycles.